The van der Waals surface area contributed by atoms with Gasteiger partial charge in [-0.3, -0.25) is 29.4 Å². The molecular formula is C29H30ClN5O5. The Labute approximate surface area is 236 Å². The lowest BCUT2D eigenvalue weighted by Gasteiger charge is -2.25. The lowest BCUT2D eigenvalue weighted by molar-refractivity contribution is -0.384. The van der Waals surface area contributed by atoms with Gasteiger partial charge in [-0.2, -0.15) is 0 Å². The first-order valence-electron chi connectivity index (χ1n) is 12.8. The number of ketones is 1. The Morgan fingerprint density at radius 1 is 1.15 bits per heavy atom. The largest absolute Gasteiger partial charge is 0.348 e. The van der Waals surface area contributed by atoms with Crippen LogP contribution in [0.4, 0.5) is 17.1 Å². The minimum atomic E-state index is -0.777. The van der Waals surface area contributed by atoms with E-state index >= 15 is 0 Å². The highest BCUT2D eigenvalue weighted by Crippen LogP contribution is 2.42. The molecule has 0 aliphatic carbocycles. The van der Waals surface area contributed by atoms with Crippen molar-refractivity contribution in [3.8, 4) is 0 Å². The van der Waals surface area contributed by atoms with Gasteiger partial charge in [-0.15, -0.1) is 11.6 Å². The summed E-state index contributed by atoms with van der Waals surface area (Å²) in [6.45, 7) is 5.94. The molecule has 3 N–H and O–H groups in total. The number of nitro groups is 1. The van der Waals surface area contributed by atoms with E-state index in [1.54, 1.807) is 54.2 Å². The molecule has 0 saturated carbocycles. The summed E-state index contributed by atoms with van der Waals surface area (Å²) in [5.74, 6) is -0.986. The Morgan fingerprint density at radius 2 is 1.85 bits per heavy atom. The van der Waals surface area contributed by atoms with Crippen LogP contribution in [0.2, 0.25) is 0 Å². The summed E-state index contributed by atoms with van der Waals surface area (Å²) < 4.78 is 1.70. The third-order valence-corrected chi connectivity index (χ3v) is 7.28. The fourth-order valence-electron chi connectivity index (χ4n) is 4.84. The summed E-state index contributed by atoms with van der Waals surface area (Å²) in [6.07, 6.45) is 2.05. The van der Waals surface area contributed by atoms with E-state index in [0.717, 1.165) is 5.56 Å². The fourth-order valence-corrected chi connectivity index (χ4v) is 5.19. The molecule has 0 fully saturated rings. The summed E-state index contributed by atoms with van der Waals surface area (Å²) >= 11 is 6.24. The summed E-state index contributed by atoms with van der Waals surface area (Å²) in [6, 6.07) is 12.5. The molecule has 40 heavy (non-hydrogen) atoms. The zero-order valence-corrected chi connectivity index (χ0v) is 23.0. The van der Waals surface area contributed by atoms with Crippen LogP contribution in [-0.4, -0.2) is 39.1 Å². The molecule has 1 aliphatic rings. The summed E-state index contributed by atoms with van der Waals surface area (Å²) in [5, 5.41) is 13.7. The zero-order valence-electron chi connectivity index (χ0n) is 22.2. The first-order valence-corrected chi connectivity index (χ1v) is 13.3. The maximum atomic E-state index is 13.8. The molecule has 10 nitrogen and oxygen atoms in total. The van der Waals surface area contributed by atoms with Crippen molar-refractivity contribution in [1.82, 2.24) is 4.57 Å². The summed E-state index contributed by atoms with van der Waals surface area (Å²) in [5.41, 5.74) is 9.88. The van der Waals surface area contributed by atoms with Crippen molar-refractivity contribution in [2.45, 2.75) is 38.3 Å². The third kappa shape index (κ3) is 5.68. The second-order valence-corrected chi connectivity index (χ2v) is 10.0. The molecule has 2 unspecified atom stereocenters. The average molecular weight is 564 g/mol. The Bertz CT molecular complexity index is 1500. The number of nitrogens with one attached hydrogen (secondary N) is 1. The highest BCUT2D eigenvalue weighted by atomic mass is 35.5. The van der Waals surface area contributed by atoms with Crippen molar-refractivity contribution in [2.75, 3.05) is 16.1 Å². The number of nitro benzene ring substituents is 1. The second-order valence-electron chi connectivity index (χ2n) is 9.73. The van der Waals surface area contributed by atoms with Gasteiger partial charge in [0.15, 0.2) is 5.78 Å². The zero-order chi connectivity index (χ0) is 29.1. The third-order valence-electron chi connectivity index (χ3n) is 6.95. The first kappa shape index (κ1) is 28.7. The van der Waals surface area contributed by atoms with Crippen LogP contribution in [0.15, 0.2) is 61.3 Å². The maximum Gasteiger partial charge on any atom is 0.269 e. The van der Waals surface area contributed by atoms with E-state index in [1.165, 1.54) is 17.0 Å². The number of nitrogens with two attached hydrogens (primary N) is 1. The van der Waals surface area contributed by atoms with Gasteiger partial charge in [0, 0.05) is 61.3 Å². The molecule has 2 amide bonds. The van der Waals surface area contributed by atoms with Gasteiger partial charge in [0.25, 0.3) is 11.6 Å². The minimum Gasteiger partial charge on any atom is -0.348 e. The molecule has 4 rings (SSSR count). The number of aryl methyl sites for hydroxylation is 1. The summed E-state index contributed by atoms with van der Waals surface area (Å²) in [7, 11) is 1.75. The normalized spacial score (nSPS) is 15.9. The molecule has 2 heterocycles. The Kier molecular flexibility index (Phi) is 8.51. The Balaban J connectivity index is 1.60. The predicted molar refractivity (Wildman–Crippen MR) is 154 cm³/mol. The van der Waals surface area contributed by atoms with Crippen LogP contribution in [0.25, 0.3) is 5.57 Å². The Morgan fingerprint density at radius 3 is 2.48 bits per heavy atom. The van der Waals surface area contributed by atoms with Crippen LogP contribution < -0.4 is 16.0 Å². The Hall–Kier alpha value is -4.28. The number of benzene rings is 2. The number of non-ortho nitro benzene ring substituents is 1. The van der Waals surface area contributed by atoms with Crippen molar-refractivity contribution in [3.63, 3.8) is 0 Å². The molecule has 3 aromatic rings. The van der Waals surface area contributed by atoms with Gasteiger partial charge in [0.05, 0.1) is 28.0 Å². The van der Waals surface area contributed by atoms with Crippen molar-refractivity contribution in [3.05, 3.63) is 93.8 Å². The van der Waals surface area contributed by atoms with Crippen LogP contribution in [0, 0.1) is 10.1 Å². The van der Waals surface area contributed by atoms with Crippen LogP contribution in [0.3, 0.4) is 0 Å². The topological polar surface area (TPSA) is 141 Å². The van der Waals surface area contributed by atoms with Gasteiger partial charge in [-0.1, -0.05) is 37.8 Å². The van der Waals surface area contributed by atoms with E-state index in [-0.39, 0.29) is 41.2 Å². The molecule has 1 aromatic heterocycles. The van der Waals surface area contributed by atoms with Crippen LogP contribution >= 0.6 is 11.6 Å². The fraction of sp³-hybridized carbons (Fsp3) is 0.276. The highest BCUT2D eigenvalue weighted by molar-refractivity contribution is 6.27. The smallest absolute Gasteiger partial charge is 0.269 e. The number of aromatic nitrogens is 1. The van der Waals surface area contributed by atoms with Gasteiger partial charge in [-0.05, 0) is 29.7 Å². The molecule has 208 valence electrons. The predicted octanol–water partition coefficient (Wildman–Crippen LogP) is 4.76. The van der Waals surface area contributed by atoms with Crippen LogP contribution in [-0.2, 0) is 23.1 Å². The van der Waals surface area contributed by atoms with E-state index in [0.29, 0.717) is 41.0 Å². The number of Topliss-reactive ketones (excluding diaryl/α,β-unsaturated/α-hetero) is 1. The monoisotopic (exact) mass is 563 g/mol. The van der Waals surface area contributed by atoms with Crippen LogP contribution in [0.5, 0.6) is 0 Å². The molecule has 11 heteroatoms. The second kappa shape index (κ2) is 11.8. The molecule has 0 bridgehead atoms. The number of rotatable bonds is 10. The van der Waals surface area contributed by atoms with Crippen molar-refractivity contribution in [2.24, 2.45) is 12.8 Å². The number of anilines is 2. The van der Waals surface area contributed by atoms with Gasteiger partial charge in [0.2, 0.25) is 5.91 Å². The van der Waals surface area contributed by atoms with Crippen LogP contribution in [0.1, 0.15) is 52.9 Å². The van der Waals surface area contributed by atoms with Crippen molar-refractivity contribution < 1.29 is 19.3 Å². The molecule has 2 aromatic carbocycles. The van der Waals surface area contributed by atoms with Crippen molar-refractivity contribution >= 4 is 51.8 Å². The van der Waals surface area contributed by atoms with E-state index in [9.17, 15) is 24.5 Å². The SMILES string of the molecule is C=C(C(=O)N1c2cc(C(=O)Cc3ccc([N+](=O)[O-])cc3)ccc2C(CCl)C1N)c1cc(NC(=O)CCC)cn1C. The first-order chi connectivity index (χ1) is 19.0. The molecule has 0 saturated heterocycles. The number of alkyl halides is 1. The lowest BCUT2D eigenvalue weighted by Crippen LogP contribution is -2.46. The average Bonchev–Trinajstić information content (AvgIpc) is 3.42. The minimum absolute atomic E-state index is 0.0261. The number of carbonyl (C=O) groups is 3. The van der Waals surface area contributed by atoms with E-state index in [4.69, 9.17) is 17.3 Å². The molecular weight excluding hydrogens is 534 g/mol. The molecule has 0 spiro atoms. The van der Waals surface area contributed by atoms with Gasteiger partial charge in [-0.25, -0.2) is 0 Å². The van der Waals surface area contributed by atoms with Gasteiger partial charge >= 0.3 is 0 Å². The molecule has 1 aliphatic heterocycles. The summed E-state index contributed by atoms with van der Waals surface area (Å²) in [4.78, 5) is 50.8. The number of fused-ring (bicyclic) bond motifs is 1. The number of amides is 2. The number of hydrogen-bond acceptors (Lipinski definition) is 6. The highest BCUT2D eigenvalue weighted by Gasteiger charge is 2.40. The van der Waals surface area contributed by atoms with Crippen molar-refractivity contribution in [1.29, 1.82) is 0 Å². The molecule has 2 atom stereocenters. The number of nitrogens with zero attached hydrogens (tertiary/aromatic N) is 3. The number of carbonyl (C=O) groups excluding carboxylic acids is 3. The lowest BCUT2D eigenvalue weighted by atomic mass is 9.97. The van der Waals surface area contributed by atoms with E-state index in [1.807, 2.05) is 6.92 Å². The number of halogens is 1. The van der Waals surface area contributed by atoms with Gasteiger partial charge < -0.3 is 15.6 Å². The number of hydrogen-bond donors (Lipinski definition) is 2. The quantitative estimate of drug-likeness (QED) is 0.120. The van der Waals surface area contributed by atoms with E-state index < -0.39 is 17.0 Å². The molecule has 0 radical (unpaired) electrons. The maximum absolute atomic E-state index is 13.8. The van der Waals surface area contributed by atoms with Gasteiger partial charge in [0.1, 0.15) is 0 Å². The van der Waals surface area contributed by atoms with E-state index in [2.05, 4.69) is 11.9 Å². The standard InChI is InChI=1S/C29H30ClN5O5/c1-4-5-27(37)32-20-14-24(33(3)16-20)17(2)29(38)34-25-13-19(8-11-22(25)23(15-30)28(34)31)26(36)12-18-6-9-21(10-7-18)35(39)40/h6-11,13-14,16,23,28H,2,4-5,12,15,31H2,1,3H3,(H,32,37).